The number of pyridine rings is 1. The van der Waals surface area contributed by atoms with E-state index in [2.05, 4.69) is 33.9 Å². The lowest BCUT2D eigenvalue weighted by Crippen LogP contribution is -2.44. The first-order chi connectivity index (χ1) is 7.84. The van der Waals surface area contributed by atoms with Crippen LogP contribution in [0, 0.1) is 0 Å². The normalized spacial score (nSPS) is 21.6. The van der Waals surface area contributed by atoms with Crippen molar-refractivity contribution >= 4 is 16.9 Å². The second-order valence-corrected chi connectivity index (χ2v) is 4.20. The van der Waals surface area contributed by atoms with E-state index < -0.39 is 0 Å². The van der Waals surface area contributed by atoms with Gasteiger partial charge in [0.2, 0.25) is 0 Å². The highest BCUT2D eigenvalue weighted by Gasteiger charge is 2.20. The number of hydrogen-bond donors (Lipinski definition) is 1. The summed E-state index contributed by atoms with van der Waals surface area (Å²) in [5, 5.41) is 1.16. The fraction of sp³-hybridized carbons (Fsp3) is 0.417. The van der Waals surface area contributed by atoms with Crippen molar-refractivity contribution in [3.05, 3.63) is 24.4 Å². The fourth-order valence-electron chi connectivity index (χ4n) is 2.15. The number of H-pyrrole nitrogens is 1. The number of anilines is 1. The molecule has 0 aliphatic carbocycles. The Balaban J connectivity index is 1.97. The van der Waals surface area contributed by atoms with Crippen molar-refractivity contribution in [2.75, 3.05) is 24.7 Å². The molecule has 2 aromatic rings. The Bertz CT molecular complexity index is 494. The summed E-state index contributed by atoms with van der Waals surface area (Å²) in [6.45, 7) is 4.65. The average Bonchev–Trinajstić information content (AvgIpc) is 2.76. The molecule has 16 heavy (non-hydrogen) atoms. The van der Waals surface area contributed by atoms with Gasteiger partial charge in [-0.1, -0.05) is 0 Å². The summed E-state index contributed by atoms with van der Waals surface area (Å²) in [4.78, 5) is 10.1. The molecule has 1 N–H and O–H groups in total. The molecule has 1 aliphatic rings. The van der Waals surface area contributed by atoms with E-state index in [0.29, 0.717) is 6.04 Å². The first-order valence-corrected chi connectivity index (χ1v) is 5.63. The average molecular weight is 217 g/mol. The van der Waals surface area contributed by atoms with Crippen molar-refractivity contribution in [3.8, 4) is 0 Å². The van der Waals surface area contributed by atoms with Crippen molar-refractivity contribution in [1.29, 1.82) is 0 Å². The molecule has 84 valence electrons. The van der Waals surface area contributed by atoms with Crippen LogP contribution in [0.2, 0.25) is 0 Å². The molecule has 1 aliphatic heterocycles. The van der Waals surface area contributed by atoms with Gasteiger partial charge in [0.05, 0.1) is 19.3 Å². The van der Waals surface area contributed by atoms with Crippen LogP contribution in [-0.2, 0) is 4.74 Å². The molecule has 1 unspecified atom stereocenters. The van der Waals surface area contributed by atoms with Crippen LogP contribution >= 0.6 is 0 Å². The van der Waals surface area contributed by atoms with E-state index in [-0.39, 0.29) is 0 Å². The summed E-state index contributed by atoms with van der Waals surface area (Å²) >= 11 is 0. The summed E-state index contributed by atoms with van der Waals surface area (Å²) in [6, 6.07) is 6.62. The highest BCUT2D eigenvalue weighted by molar-refractivity contribution is 5.77. The maximum atomic E-state index is 5.43. The van der Waals surface area contributed by atoms with Gasteiger partial charge in [-0.25, -0.2) is 4.98 Å². The molecular weight excluding hydrogens is 202 g/mol. The summed E-state index contributed by atoms with van der Waals surface area (Å²) in [5.41, 5.74) is 0.955. The van der Waals surface area contributed by atoms with Gasteiger partial charge in [-0.05, 0) is 25.1 Å². The molecule has 0 amide bonds. The number of hydrogen-bond acceptors (Lipinski definition) is 3. The number of nitrogens with zero attached hydrogens (tertiary/aromatic N) is 2. The summed E-state index contributed by atoms with van der Waals surface area (Å²) < 4.78 is 5.43. The van der Waals surface area contributed by atoms with Gasteiger partial charge in [0.15, 0.2) is 0 Å². The number of aromatic amines is 1. The summed E-state index contributed by atoms with van der Waals surface area (Å²) in [6.07, 6.45) is 1.92. The zero-order valence-corrected chi connectivity index (χ0v) is 9.31. The van der Waals surface area contributed by atoms with E-state index in [1.165, 1.54) is 0 Å². The molecule has 2 aromatic heterocycles. The predicted molar refractivity (Wildman–Crippen MR) is 63.7 cm³/mol. The largest absolute Gasteiger partial charge is 0.377 e. The van der Waals surface area contributed by atoms with Crippen molar-refractivity contribution in [2.24, 2.45) is 0 Å². The highest BCUT2D eigenvalue weighted by atomic mass is 16.5. The fourth-order valence-corrected chi connectivity index (χ4v) is 2.15. The number of nitrogens with one attached hydrogen (secondary N) is 1. The first-order valence-electron chi connectivity index (χ1n) is 5.63. The van der Waals surface area contributed by atoms with E-state index in [9.17, 15) is 0 Å². The molecule has 1 atom stereocenters. The van der Waals surface area contributed by atoms with E-state index in [1.807, 2.05) is 12.3 Å². The van der Waals surface area contributed by atoms with E-state index >= 15 is 0 Å². The maximum absolute atomic E-state index is 5.43. The van der Waals surface area contributed by atoms with Gasteiger partial charge >= 0.3 is 0 Å². The van der Waals surface area contributed by atoms with Crippen molar-refractivity contribution in [3.63, 3.8) is 0 Å². The molecule has 0 saturated carbocycles. The Morgan fingerprint density at radius 2 is 2.38 bits per heavy atom. The topological polar surface area (TPSA) is 41.1 Å². The second kappa shape index (κ2) is 3.79. The Kier molecular flexibility index (Phi) is 2.29. The smallest absolute Gasteiger partial charge is 0.139 e. The van der Waals surface area contributed by atoms with Crippen molar-refractivity contribution in [2.45, 2.75) is 13.0 Å². The lowest BCUT2D eigenvalue weighted by molar-refractivity contribution is 0.0985. The van der Waals surface area contributed by atoms with Gasteiger partial charge in [0, 0.05) is 18.1 Å². The molecule has 0 aromatic carbocycles. The molecule has 0 radical (unpaired) electrons. The number of aromatic nitrogens is 2. The van der Waals surface area contributed by atoms with Crippen LogP contribution < -0.4 is 4.90 Å². The Hall–Kier alpha value is -1.55. The molecule has 0 spiro atoms. The van der Waals surface area contributed by atoms with E-state index in [0.717, 1.165) is 36.6 Å². The summed E-state index contributed by atoms with van der Waals surface area (Å²) in [7, 11) is 0. The molecule has 0 bridgehead atoms. The molecule has 3 heterocycles. The van der Waals surface area contributed by atoms with Crippen molar-refractivity contribution < 1.29 is 4.74 Å². The molecule has 3 rings (SSSR count). The van der Waals surface area contributed by atoms with Crippen LogP contribution in [0.1, 0.15) is 6.92 Å². The zero-order valence-electron chi connectivity index (χ0n) is 9.31. The highest BCUT2D eigenvalue weighted by Crippen LogP contribution is 2.20. The molecule has 1 saturated heterocycles. The summed E-state index contributed by atoms with van der Waals surface area (Å²) in [5.74, 6) is 1.03. The minimum atomic E-state index is 0.397. The van der Waals surface area contributed by atoms with Crippen LogP contribution in [0.4, 0.5) is 5.82 Å². The number of rotatable bonds is 1. The third kappa shape index (κ3) is 1.55. The standard InChI is InChI=1S/C12H15N3O/c1-9-8-16-7-6-15(9)11-3-2-10-4-5-13-12(10)14-11/h2-5,9H,6-8H2,1H3,(H,13,14). The van der Waals surface area contributed by atoms with Crippen LogP contribution in [0.25, 0.3) is 11.0 Å². The molecular formula is C12H15N3O. The van der Waals surface area contributed by atoms with Crippen LogP contribution in [0.3, 0.4) is 0 Å². The van der Waals surface area contributed by atoms with E-state index in [4.69, 9.17) is 4.74 Å². The third-order valence-electron chi connectivity index (χ3n) is 3.06. The van der Waals surface area contributed by atoms with E-state index in [1.54, 1.807) is 0 Å². The molecule has 1 fully saturated rings. The molecule has 4 nitrogen and oxygen atoms in total. The quantitative estimate of drug-likeness (QED) is 0.791. The van der Waals surface area contributed by atoms with Crippen molar-refractivity contribution in [1.82, 2.24) is 9.97 Å². The zero-order chi connectivity index (χ0) is 11.0. The van der Waals surface area contributed by atoms with Gasteiger partial charge in [-0.3, -0.25) is 0 Å². The first kappa shape index (κ1) is 9.66. The number of morpholine rings is 1. The van der Waals surface area contributed by atoms with Gasteiger partial charge in [-0.15, -0.1) is 0 Å². The monoisotopic (exact) mass is 217 g/mol. The Morgan fingerprint density at radius 3 is 3.25 bits per heavy atom. The van der Waals surface area contributed by atoms with Crippen LogP contribution in [0.15, 0.2) is 24.4 Å². The Morgan fingerprint density at radius 1 is 1.44 bits per heavy atom. The van der Waals surface area contributed by atoms with Gasteiger partial charge in [0.25, 0.3) is 0 Å². The predicted octanol–water partition coefficient (Wildman–Crippen LogP) is 1.79. The lowest BCUT2D eigenvalue weighted by Gasteiger charge is -2.34. The lowest BCUT2D eigenvalue weighted by atomic mass is 10.2. The number of ether oxygens (including phenoxy) is 1. The third-order valence-corrected chi connectivity index (χ3v) is 3.06. The maximum Gasteiger partial charge on any atom is 0.139 e. The van der Waals surface area contributed by atoms with Crippen LogP contribution in [-0.4, -0.2) is 35.8 Å². The second-order valence-electron chi connectivity index (χ2n) is 4.20. The molecule has 4 heteroatoms. The van der Waals surface area contributed by atoms with Gasteiger partial charge in [0.1, 0.15) is 11.5 Å². The minimum Gasteiger partial charge on any atom is -0.377 e. The minimum absolute atomic E-state index is 0.397. The van der Waals surface area contributed by atoms with Gasteiger partial charge in [-0.2, -0.15) is 0 Å². The Labute approximate surface area is 94.2 Å². The van der Waals surface area contributed by atoms with Gasteiger partial charge < -0.3 is 14.6 Å². The SMILES string of the molecule is CC1COCCN1c1ccc2cc[nH]c2n1. The number of fused-ring (bicyclic) bond motifs is 1. The van der Waals surface area contributed by atoms with Crippen LogP contribution in [0.5, 0.6) is 0 Å².